The van der Waals surface area contributed by atoms with Crippen LogP contribution in [-0.4, -0.2) is 95.2 Å². The Balaban J connectivity index is 1.70. The highest BCUT2D eigenvalue weighted by Crippen LogP contribution is 2.52. The molecule has 1 unspecified atom stereocenters. The summed E-state index contributed by atoms with van der Waals surface area (Å²) in [7, 11) is -3.84. The predicted octanol–water partition coefficient (Wildman–Crippen LogP) is 4.35. The van der Waals surface area contributed by atoms with Crippen LogP contribution in [0.4, 0.5) is 0 Å². The van der Waals surface area contributed by atoms with Crippen LogP contribution in [0.25, 0.3) is 4.85 Å². The molecule has 1 amide bonds. The predicted molar refractivity (Wildman–Crippen MR) is 189 cm³/mol. The maximum atomic E-state index is 15.1. The SMILES string of the molecule is CCS(=O)(=O)N1CCN(C(=O)C(C)(Oc2ccc(S(=O)(=O)N(C)OC)c(OC)c2)[C@@]2(c3ccc(Cl)cc3)[N+]#CN[C@@H]2c2ccc(Cl)cc2)CC1. The third-order valence-electron chi connectivity index (χ3n) is 9.10. The summed E-state index contributed by atoms with van der Waals surface area (Å²) in [6.07, 6.45) is 2.89. The number of carbonyl (C=O) groups is 1. The first kappa shape index (κ1) is 37.6. The maximum absolute atomic E-state index is 15.1. The number of methoxy groups -OCH3 is 1. The quantitative estimate of drug-likeness (QED) is 0.211. The number of benzene rings is 3. The first-order chi connectivity index (χ1) is 23.6. The van der Waals surface area contributed by atoms with Crippen LogP contribution in [-0.2, 0) is 35.2 Å². The van der Waals surface area contributed by atoms with Crippen LogP contribution in [0.2, 0.25) is 10.0 Å². The molecule has 268 valence electrons. The van der Waals surface area contributed by atoms with E-state index in [2.05, 4.69) is 11.5 Å². The molecule has 2 heterocycles. The van der Waals surface area contributed by atoms with Gasteiger partial charge in [0.15, 0.2) is 6.04 Å². The zero-order chi connectivity index (χ0) is 36.5. The smallest absolute Gasteiger partial charge is 0.370 e. The van der Waals surface area contributed by atoms with Crippen molar-refractivity contribution in [2.45, 2.75) is 35.9 Å². The van der Waals surface area contributed by atoms with E-state index < -0.39 is 43.1 Å². The summed E-state index contributed by atoms with van der Waals surface area (Å²) in [5, 5.41) is 4.16. The van der Waals surface area contributed by atoms with Gasteiger partial charge in [-0.2, -0.15) is 9.15 Å². The molecule has 3 aromatic rings. The molecule has 0 radical (unpaired) electrons. The van der Waals surface area contributed by atoms with Crippen LogP contribution in [0.1, 0.15) is 31.0 Å². The Bertz CT molecular complexity index is 2020. The van der Waals surface area contributed by atoms with Crippen molar-refractivity contribution in [1.82, 2.24) is 19.0 Å². The zero-order valence-electron chi connectivity index (χ0n) is 28.1. The van der Waals surface area contributed by atoms with Gasteiger partial charge in [0, 0.05) is 60.5 Å². The van der Waals surface area contributed by atoms with Crippen molar-refractivity contribution in [3.05, 3.63) is 92.7 Å². The number of halogens is 2. The van der Waals surface area contributed by atoms with Crippen LogP contribution >= 0.6 is 23.2 Å². The molecule has 3 aromatic carbocycles. The number of amides is 1. The Labute approximate surface area is 302 Å². The molecule has 0 bridgehead atoms. The highest BCUT2D eigenvalue weighted by molar-refractivity contribution is 7.89. The molecule has 0 spiro atoms. The summed E-state index contributed by atoms with van der Waals surface area (Å²) in [5.74, 6) is -0.527. The van der Waals surface area contributed by atoms with Gasteiger partial charge in [0.25, 0.3) is 21.5 Å². The molecule has 2 aliphatic rings. The van der Waals surface area contributed by atoms with E-state index in [1.807, 2.05) is 0 Å². The minimum Gasteiger partial charge on any atom is -0.495 e. The molecule has 1 fully saturated rings. The van der Waals surface area contributed by atoms with Gasteiger partial charge >= 0.3 is 11.7 Å². The lowest BCUT2D eigenvalue weighted by atomic mass is 9.68. The van der Waals surface area contributed by atoms with Crippen LogP contribution in [0.5, 0.6) is 11.5 Å². The Morgan fingerprint density at radius 3 is 2.16 bits per heavy atom. The number of carbonyl (C=O) groups excluding carboxylic acids is 1. The maximum Gasteiger partial charge on any atom is 0.370 e. The molecule has 0 aromatic heterocycles. The summed E-state index contributed by atoms with van der Waals surface area (Å²) in [5.41, 5.74) is -2.21. The third-order valence-corrected chi connectivity index (χ3v) is 13.2. The van der Waals surface area contributed by atoms with Crippen LogP contribution in [0.15, 0.2) is 71.6 Å². The number of nitrogens with one attached hydrogen (secondary N) is 1. The second-order valence-electron chi connectivity index (χ2n) is 11.8. The Morgan fingerprint density at radius 1 is 1.00 bits per heavy atom. The van der Waals surface area contributed by atoms with E-state index in [9.17, 15) is 16.8 Å². The molecule has 1 saturated heterocycles. The lowest BCUT2D eigenvalue weighted by molar-refractivity contribution is -0.154. The van der Waals surface area contributed by atoms with Gasteiger partial charge in [-0.05, 0) is 50.2 Å². The van der Waals surface area contributed by atoms with Crippen molar-refractivity contribution in [3.63, 3.8) is 0 Å². The average Bonchev–Trinajstić information content (AvgIpc) is 3.58. The summed E-state index contributed by atoms with van der Waals surface area (Å²) in [4.78, 5) is 26.3. The number of hydrogen-bond acceptors (Lipinski definition) is 9. The van der Waals surface area contributed by atoms with E-state index in [0.29, 0.717) is 25.6 Å². The molecule has 0 saturated carbocycles. The van der Waals surface area contributed by atoms with E-state index in [-0.39, 0.29) is 48.3 Å². The lowest BCUT2D eigenvalue weighted by Crippen LogP contribution is -2.66. The standard InChI is InChI=1S/C33H37Cl2N5O8S2/c1-6-49(42,43)40-19-17-39(18-20-40)31(41)32(2,48-27-15-16-29(28(21-27)46-4)50(44,45)38(3)47-5)33(24-9-13-26(35)14-10-24)30(36-22-37-33)23-7-11-25(34)12-8-23/h7-16,21,30H,6,17-20H2,1-5H3/p+1/t30-,32?,33+/m1/s1. The molecule has 2 aliphatic heterocycles. The minimum atomic E-state index is -4.13. The second kappa shape index (κ2) is 14.5. The van der Waals surface area contributed by atoms with Crippen LogP contribution in [0, 0.1) is 6.19 Å². The number of hydroxylamine groups is 1. The molecule has 13 nitrogen and oxygen atoms in total. The Morgan fingerprint density at radius 2 is 1.60 bits per heavy atom. The van der Waals surface area contributed by atoms with Gasteiger partial charge in [0.1, 0.15) is 16.4 Å². The van der Waals surface area contributed by atoms with Crippen LogP contribution < -0.4 is 14.8 Å². The lowest BCUT2D eigenvalue weighted by Gasteiger charge is -2.44. The highest BCUT2D eigenvalue weighted by atomic mass is 35.5. The molecule has 1 N–H and O–H groups in total. The van der Waals surface area contributed by atoms with E-state index in [4.69, 9.17) is 42.4 Å². The van der Waals surface area contributed by atoms with Crippen molar-refractivity contribution in [2.24, 2.45) is 0 Å². The van der Waals surface area contributed by atoms with Gasteiger partial charge in [0.2, 0.25) is 10.0 Å². The van der Waals surface area contributed by atoms with Crippen molar-refractivity contribution in [2.75, 3.05) is 53.2 Å². The summed E-state index contributed by atoms with van der Waals surface area (Å²) in [6, 6.07) is 17.3. The normalized spacial score (nSPS) is 20.8. The molecular formula is C33H38Cl2N5O8S2+. The summed E-state index contributed by atoms with van der Waals surface area (Å²) < 4.78 is 66.1. The fourth-order valence-electron chi connectivity index (χ4n) is 6.26. The summed E-state index contributed by atoms with van der Waals surface area (Å²) >= 11 is 12.6. The Hall–Kier alpha value is -3.62. The van der Waals surface area contributed by atoms with Gasteiger partial charge in [-0.15, -0.1) is 0 Å². The van der Waals surface area contributed by atoms with Gasteiger partial charge in [-0.1, -0.05) is 51.9 Å². The zero-order valence-corrected chi connectivity index (χ0v) is 31.2. The van der Waals surface area contributed by atoms with E-state index >= 15 is 4.79 Å². The molecule has 0 aliphatic carbocycles. The van der Waals surface area contributed by atoms with Crippen molar-refractivity contribution in [3.8, 4) is 17.7 Å². The average molecular weight is 768 g/mol. The Kier molecular flexibility index (Phi) is 10.9. The second-order valence-corrected chi connectivity index (χ2v) is 16.8. The van der Waals surface area contributed by atoms with Gasteiger partial charge in [-0.3, -0.25) is 9.63 Å². The first-order valence-electron chi connectivity index (χ1n) is 15.6. The molecular weight excluding hydrogens is 729 g/mol. The van der Waals surface area contributed by atoms with E-state index in [1.165, 1.54) is 43.8 Å². The van der Waals surface area contributed by atoms with Gasteiger partial charge in [-0.25, -0.2) is 22.2 Å². The van der Waals surface area contributed by atoms with Crippen molar-refractivity contribution in [1.29, 1.82) is 0 Å². The highest BCUT2D eigenvalue weighted by Gasteiger charge is 2.71. The number of hydrogen-bond donors (Lipinski definition) is 1. The fourth-order valence-corrected chi connectivity index (χ4v) is 8.71. The van der Waals surface area contributed by atoms with Gasteiger partial charge < -0.3 is 14.4 Å². The number of piperazine rings is 1. The molecule has 50 heavy (non-hydrogen) atoms. The van der Waals surface area contributed by atoms with Crippen LogP contribution in [0.3, 0.4) is 0 Å². The largest absolute Gasteiger partial charge is 0.495 e. The van der Waals surface area contributed by atoms with Crippen molar-refractivity contribution < 1.29 is 35.9 Å². The molecule has 5 rings (SSSR count). The third kappa shape index (κ3) is 6.73. The molecule has 17 heteroatoms. The van der Waals surface area contributed by atoms with E-state index in [0.717, 1.165) is 0 Å². The van der Waals surface area contributed by atoms with E-state index in [1.54, 1.807) is 67.3 Å². The number of rotatable bonds is 12. The fraction of sp³-hybridized carbons (Fsp3) is 0.394. The van der Waals surface area contributed by atoms with Crippen molar-refractivity contribution >= 4 is 49.2 Å². The number of nitrogens with zero attached hydrogens (tertiary/aromatic N) is 4. The topological polar surface area (TPSA) is 139 Å². The number of ether oxygens (including phenoxy) is 2. The molecule has 3 atom stereocenters. The first-order valence-corrected chi connectivity index (χ1v) is 19.4. The van der Waals surface area contributed by atoms with Gasteiger partial charge in [0.05, 0.1) is 20.0 Å². The minimum absolute atomic E-state index is 0.0611. The number of sulfonamides is 2. The summed E-state index contributed by atoms with van der Waals surface area (Å²) in [6.45, 7) is 3.54. The monoisotopic (exact) mass is 766 g/mol.